The van der Waals surface area contributed by atoms with Crippen LogP contribution in [-0.4, -0.2) is 16.1 Å². The zero-order valence-corrected chi connectivity index (χ0v) is 15.7. The van der Waals surface area contributed by atoms with Crippen LogP contribution in [0.1, 0.15) is 11.1 Å². The second-order valence-corrected chi connectivity index (χ2v) is 7.76. The Balaban J connectivity index is 1.63. The Morgan fingerprint density at radius 2 is 1.48 bits per heavy atom. The van der Waals surface area contributed by atoms with Crippen LogP contribution in [0, 0.1) is 34.9 Å². The van der Waals surface area contributed by atoms with Gasteiger partial charge in [0.25, 0.3) is 0 Å². The molecule has 152 valence electrons. The molecular formula is C17H9F6N3OS2. The molecular weight excluding hydrogens is 440 g/mol. The van der Waals surface area contributed by atoms with E-state index in [4.69, 9.17) is 0 Å². The summed E-state index contributed by atoms with van der Waals surface area (Å²) in [7, 11) is 0. The predicted octanol–water partition coefficient (Wildman–Crippen LogP) is 4.85. The SMILES string of the molecule is O=C(Cc1c(F)c(F)c(F)c(F)c1F)Nc1nnc(SCc2ccc(F)cc2)s1. The molecule has 1 N–H and O–H groups in total. The lowest BCUT2D eigenvalue weighted by atomic mass is 10.1. The Labute approximate surface area is 168 Å². The standard InChI is InChI=1S/C17H9F6N3OS2/c18-8-3-1-7(2-4-8)6-28-17-26-25-16(29-17)24-10(27)5-9-11(19)13(21)15(23)14(22)12(9)20/h1-4H,5-6H2,(H,24,25,27). The van der Waals surface area contributed by atoms with E-state index < -0.39 is 47.0 Å². The molecule has 2 aromatic carbocycles. The van der Waals surface area contributed by atoms with Crippen molar-refractivity contribution in [3.63, 3.8) is 0 Å². The van der Waals surface area contributed by atoms with E-state index in [0.29, 0.717) is 10.1 Å². The minimum absolute atomic E-state index is 0.0134. The molecule has 1 aromatic heterocycles. The molecule has 1 amide bonds. The second-order valence-electron chi connectivity index (χ2n) is 5.56. The van der Waals surface area contributed by atoms with E-state index >= 15 is 0 Å². The molecule has 4 nitrogen and oxygen atoms in total. The third-order valence-corrected chi connectivity index (χ3v) is 5.61. The lowest BCUT2D eigenvalue weighted by molar-refractivity contribution is -0.115. The van der Waals surface area contributed by atoms with Crippen molar-refractivity contribution in [1.29, 1.82) is 0 Å². The maximum Gasteiger partial charge on any atom is 0.230 e. The number of nitrogens with one attached hydrogen (secondary N) is 1. The molecule has 0 saturated heterocycles. The summed E-state index contributed by atoms with van der Waals surface area (Å²) in [6, 6.07) is 5.80. The highest BCUT2D eigenvalue weighted by Crippen LogP contribution is 2.29. The van der Waals surface area contributed by atoms with E-state index in [9.17, 15) is 31.1 Å². The minimum atomic E-state index is -2.30. The lowest BCUT2D eigenvalue weighted by Crippen LogP contribution is -2.18. The Morgan fingerprint density at radius 3 is 2.10 bits per heavy atom. The van der Waals surface area contributed by atoms with Crippen molar-refractivity contribution in [1.82, 2.24) is 10.2 Å². The second kappa shape index (κ2) is 8.82. The predicted molar refractivity (Wildman–Crippen MR) is 94.4 cm³/mol. The summed E-state index contributed by atoms with van der Waals surface area (Å²) in [5, 5.41) is 9.67. The Kier molecular flexibility index (Phi) is 6.42. The van der Waals surface area contributed by atoms with Gasteiger partial charge in [-0.3, -0.25) is 4.79 Å². The van der Waals surface area contributed by atoms with Gasteiger partial charge in [0.2, 0.25) is 16.9 Å². The molecule has 0 unspecified atom stereocenters. The molecule has 0 aliphatic carbocycles. The lowest BCUT2D eigenvalue weighted by Gasteiger charge is -2.07. The first-order valence-electron chi connectivity index (χ1n) is 7.77. The van der Waals surface area contributed by atoms with Gasteiger partial charge in [0.05, 0.1) is 6.42 Å². The van der Waals surface area contributed by atoms with Gasteiger partial charge in [0.15, 0.2) is 27.6 Å². The van der Waals surface area contributed by atoms with Crippen LogP contribution in [0.5, 0.6) is 0 Å². The van der Waals surface area contributed by atoms with Crippen LogP contribution in [0.3, 0.4) is 0 Å². The van der Waals surface area contributed by atoms with E-state index in [-0.39, 0.29) is 10.9 Å². The van der Waals surface area contributed by atoms with Gasteiger partial charge >= 0.3 is 0 Å². The smallest absolute Gasteiger partial charge is 0.230 e. The van der Waals surface area contributed by atoms with Gasteiger partial charge in [-0.2, -0.15) is 0 Å². The number of hydrogen-bond acceptors (Lipinski definition) is 5. The zero-order chi connectivity index (χ0) is 21.1. The number of thioether (sulfide) groups is 1. The molecule has 0 atom stereocenters. The molecule has 0 aliphatic heterocycles. The van der Waals surface area contributed by atoms with Crippen molar-refractivity contribution < 1.29 is 31.1 Å². The minimum Gasteiger partial charge on any atom is -0.300 e. The van der Waals surface area contributed by atoms with Gasteiger partial charge in [-0.15, -0.1) is 10.2 Å². The number of benzene rings is 2. The third kappa shape index (κ3) is 4.88. The molecule has 12 heteroatoms. The van der Waals surface area contributed by atoms with Crippen LogP contribution < -0.4 is 5.32 Å². The first-order valence-corrected chi connectivity index (χ1v) is 9.57. The van der Waals surface area contributed by atoms with Crippen molar-refractivity contribution in [3.05, 3.63) is 70.3 Å². The van der Waals surface area contributed by atoms with E-state index in [1.54, 1.807) is 12.1 Å². The number of rotatable bonds is 6. The van der Waals surface area contributed by atoms with Crippen molar-refractivity contribution in [2.75, 3.05) is 5.32 Å². The first kappa shape index (κ1) is 21.1. The van der Waals surface area contributed by atoms with Crippen LogP contribution in [0.2, 0.25) is 0 Å². The number of aromatic nitrogens is 2. The molecule has 0 radical (unpaired) electrons. The highest BCUT2D eigenvalue weighted by atomic mass is 32.2. The number of halogens is 6. The van der Waals surface area contributed by atoms with Gasteiger partial charge < -0.3 is 5.32 Å². The highest BCUT2D eigenvalue weighted by molar-refractivity contribution is 8.00. The van der Waals surface area contributed by atoms with Crippen LogP contribution in [0.4, 0.5) is 31.5 Å². The number of nitrogens with zero attached hydrogens (tertiary/aromatic N) is 2. The average Bonchev–Trinajstić information content (AvgIpc) is 3.15. The molecule has 0 aliphatic rings. The quantitative estimate of drug-likeness (QED) is 0.192. The summed E-state index contributed by atoms with van der Waals surface area (Å²) >= 11 is 2.20. The fourth-order valence-electron chi connectivity index (χ4n) is 2.17. The maximum absolute atomic E-state index is 13.6. The van der Waals surface area contributed by atoms with Gasteiger partial charge in [-0.05, 0) is 17.7 Å². The normalized spacial score (nSPS) is 11.0. The van der Waals surface area contributed by atoms with Crippen LogP contribution >= 0.6 is 23.1 Å². The molecule has 0 bridgehead atoms. The highest BCUT2D eigenvalue weighted by Gasteiger charge is 2.27. The van der Waals surface area contributed by atoms with E-state index in [1.165, 1.54) is 23.9 Å². The van der Waals surface area contributed by atoms with Gasteiger partial charge in [0.1, 0.15) is 5.82 Å². The number of carbonyl (C=O) groups is 1. The molecule has 3 aromatic rings. The zero-order valence-electron chi connectivity index (χ0n) is 14.1. The summed E-state index contributed by atoms with van der Waals surface area (Å²) in [5.41, 5.74) is -0.419. The monoisotopic (exact) mass is 449 g/mol. The molecule has 29 heavy (non-hydrogen) atoms. The molecule has 1 heterocycles. The Hall–Kier alpha value is -2.60. The summed E-state index contributed by atoms with van der Waals surface area (Å²) < 4.78 is 80.0. The van der Waals surface area contributed by atoms with Crippen molar-refractivity contribution in [2.24, 2.45) is 0 Å². The van der Waals surface area contributed by atoms with Crippen molar-refractivity contribution >= 4 is 34.1 Å². The number of anilines is 1. The molecule has 0 saturated carbocycles. The molecule has 0 fully saturated rings. The fraction of sp³-hybridized carbons (Fsp3) is 0.118. The van der Waals surface area contributed by atoms with Gasteiger partial charge in [-0.1, -0.05) is 35.2 Å². The van der Waals surface area contributed by atoms with Gasteiger partial charge in [0, 0.05) is 11.3 Å². The Bertz CT molecular complexity index is 1030. The van der Waals surface area contributed by atoms with E-state index in [0.717, 1.165) is 16.9 Å². The summed E-state index contributed by atoms with van der Waals surface area (Å²) in [5.74, 6) is -11.6. The van der Waals surface area contributed by atoms with Crippen LogP contribution in [-0.2, 0) is 17.0 Å². The molecule has 3 rings (SSSR count). The van der Waals surface area contributed by atoms with Crippen molar-refractivity contribution in [3.8, 4) is 0 Å². The summed E-state index contributed by atoms with van der Waals surface area (Å²) in [6.07, 6.45) is -1.08. The topological polar surface area (TPSA) is 54.9 Å². The summed E-state index contributed by atoms with van der Waals surface area (Å²) in [4.78, 5) is 11.9. The maximum atomic E-state index is 13.6. The van der Waals surface area contributed by atoms with E-state index in [2.05, 4.69) is 15.5 Å². The average molecular weight is 449 g/mol. The van der Waals surface area contributed by atoms with Crippen molar-refractivity contribution in [2.45, 2.75) is 16.5 Å². The first-order chi connectivity index (χ1) is 13.8. The van der Waals surface area contributed by atoms with Gasteiger partial charge in [-0.25, -0.2) is 26.3 Å². The Morgan fingerprint density at radius 1 is 0.897 bits per heavy atom. The number of hydrogen-bond donors (Lipinski definition) is 1. The third-order valence-electron chi connectivity index (χ3n) is 3.57. The number of amides is 1. The summed E-state index contributed by atoms with van der Waals surface area (Å²) in [6.45, 7) is 0. The van der Waals surface area contributed by atoms with E-state index in [1.807, 2.05) is 0 Å². The molecule has 0 spiro atoms. The fourth-order valence-corrected chi connectivity index (χ4v) is 3.90. The largest absolute Gasteiger partial charge is 0.300 e. The number of carbonyl (C=O) groups excluding carboxylic acids is 1. The van der Waals surface area contributed by atoms with Crippen LogP contribution in [0.25, 0.3) is 0 Å². The van der Waals surface area contributed by atoms with Crippen LogP contribution in [0.15, 0.2) is 28.6 Å².